The quantitative estimate of drug-likeness (QED) is 0.894. The molecule has 1 unspecified atom stereocenters. The van der Waals surface area contributed by atoms with Gasteiger partial charge in [0.25, 0.3) is 0 Å². The summed E-state index contributed by atoms with van der Waals surface area (Å²) >= 11 is 0. The number of amides is 2. The third kappa shape index (κ3) is 3.73. The molecule has 1 atom stereocenters. The van der Waals surface area contributed by atoms with Crippen molar-refractivity contribution < 1.29 is 9.59 Å². The van der Waals surface area contributed by atoms with Crippen LogP contribution in [0.2, 0.25) is 0 Å². The molecule has 0 bridgehead atoms. The molecule has 2 amide bonds. The molecule has 2 rings (SSSR count). The molecule has 0 aliphatic heterocycles. The number of anilines is 2. The number of hydrogen-bond donors (Lipinski definition) is 2. The van der Waals surface area contributed by atoms with Crippen LogP contribution in [0.1, 0.15) is 47.8 Å². The first-order chi connectivity index (χ1) is 11.6. The van der Waals surface area contributed by atoms with E-state index in [1.807, 2.05) is 53.8 Å². The maximum Gasteiger partial charge on any atom is 0.231 e. The van der Waals surface area contributed by atoms with Crippen LogP contribution in [-0.4, -0.2) is 21.6 Å². The Labute approximate surface area is 148 Å². The highest BCUT2D eigenvalue weighted by atomic mass is 16.2. The van der Waals surface area contributed by atoms with Crippen molar-refractivity contribution >= 4 is 23.2 Å². The Hall–Kier alpha value is -2.63. The van der Waals surface area contributed by atoms with Crippen LogP contribution in [-0.2, 0) is 16.6 Å². The number of nitrogens with one attached hydrogen (secondary N) is 2. The summed E-state index contributed by atoms with van der Waals surface area (Å²) < 4.78 is 1.79. The number of benzene rings is 1. The van der Waals surface area contributed by atoms with Gasteiger partial charge in [-0.3, -0.25) is 14.3 Å². The first-order valence-corrected chi connectivity index (χ1v) is 8.32. The summed E-state index contributed by atoms with van der Waals surface area (Å²) in [5.74, 6) is -0.553. The van der Waals surface area contributed by atoms with Crippen LogP contribution < -0.4 is 10.6 Å². The molecule has 1 aromatic heterocycles. The van der Waals surface area contributed by atoms with Crippen molar-refractivity contribution in [3.05, 3.63) is 40.2 Å². The van der Waals surface area contributed by atoms with Gasteiger partial charge in [-0.2, -0.15) is 5.10 Å². The van der Waals surface area contributed by atoms with Crippen molar-refractivity contribution in [2.24, 2.45) is 7.05 Å². The number of hydrogen-bond acceptors (Lipinski definition) is 3. The smallest absolute Gasteiger partial charge is 0.231 e. The fourth-order valence-electron chi connectivity index (χ4n) is 3.14. The van der Waals surface area contributed by atoms with E-state index in [0.29, 0.717) is 5.69 Å². The molecule has 0 aliphatic carbocycles. The summed E-state index contributed by atoms with van der Waals surface area (Å²) in [4.78, 5) is 24.2. The molecule has 25 heavy (non-hydrogen) atoms. The van der Waals surface area contributed by atoms with E-state index in [9.17, 15) is 9.59 Å². The molecule has 1 heterocycles. The van der Waals surface area contributed by atoms with Crippen molar-refractivity contribution in [2.45, 2.75) is 47.5 Å². The summed E-state index contributed by atoms with van der Waals surface area (Å²) in [5, 5.41) is 10.2. The van der Waals surface area contributed by atoms with Crippen molar-refractivity contribution in [3.63, 3.8) is 0 Å². The Balaban J connectivity index is 2.30. The molecule has 0 radical (unpaired) electrons. The Kier molecular flexibility index (Phi) is 5.30. The topological polar surface area (TPSA) is 76.0 Å². The van der Waals surface area contributed by atoms with Crippen LogP contribution in [0.5, 0.6) is 0 Å². The number of carbonyl (C=O) groups excluding carboxylic acids is 2. The minimum atomic E-state index is -0.321. The van der Waals surface area contributed by atoms with Gasteiger partial charge < -0.3 is 10.6 Å². The standard InChI is InChI=1S/C19H26N4O2/c1-10-8-9-16(11(2)18(10)20-15(6)24)21-19(25)12(3)17-13(4)22-23(7)14(17)5/h8-9,12H,1-7H3,(H,20,24)(H,21,25). The Bertz CT molecular complexity index is 836. The minimum Gasteiger partial charge on any atom is -0.326 e. The molecule has 2 N–H and O–H groups in total. The molecule has 6 nitrogen and oxygen atoms in total. The van der Waals surface area contributed by atoms with Crippen molar-refractivity contribution in [1.29, 1.82) is 0 Å². The van der Waals surface area contributed by atoms with Gasteiger partial charge in [-0.15, -0.1) is 0 Å². The van der Waals surface area contributed by atoms with E-state index in [1.54, 1.807) is 4.68 Å². The SMILES string of the molecule is CC(=O)Nc1c(C)ccc(NC(=O)C(C)c2c(C)nn(C)c2C)c1C. The van der Waals surface area contributed by atoms with E-state index in [4.69, 9.17) is 0 Å². The van der Waals surface area contributed by atoms with Crippen LogP contribution in [0.15, 0.2) is 12.1 Å². The van der Waals surface area contributed by atoms with Gasteiger partial charge in [0.2, 0.25) is 11.8 Å². The molecule has 0 fully saturated rings. The Morgan fingerprint density at radius 1 is 1.12 bits per heavy atom. The lowest BCUT2D eigenvalue weighted by molar-refractivity contribution is -0.117. The zero-order valence-corrected chi connectivity index (χ0v) is 15.9. The van der Waals surface area contributed by atoms with Gasteiger partial charge >= 0.3 is 0 Å². The Morgan fingerprint density at radius 3 is 2.28 bits per heavy atom. The summed E-state index contributed by atoms with van der Waals surface area (Å²) in [7, 11) is 1.88. The zero-order valence-electron chi connectivity index (χ0n) is 15.9. The molecular weight excluding hydrogens is 316 g/mol. The summed E-state index contributed by atoms with van der Waals surface area (Å²) in [5.41, 5.74) is 6.04. The predicted octanol–water partition coefficient (Wildman–Crippen LogP) is 3.35. The zero-order chi connectivity index (χ0) is 18.9. The first kappa shape index (κ1) is 18.7. The summed E-state index contributed by atoms with van der Waals surface area (Å²) in [6, 6.07) is 3.75. The van der Waals surface area contributed by atoms with E-state index < -0.39 is 0 Å². The van der Waals surface area contributed by atoms with Gasteiger partial charge in [0.15, 0.2) is 0 Å². The van der Waals surface area contributed by atoms with Crippen LogP contribution in [0.3, 0.4) is 0 Å². The average molecular weight is 342 g/mol. The van der Waals surface area contributed by atoms with Crippen molar-refractivity contribution in [2.75, 3.05) is 10.6 Å². The molecule has 6 heteroatoms. The predicted molar refractivity (Wildman–Crippen MR) is 99.9 cm³/mol. The first-order valence-electron chi connectivity index (χ1n) is 8.32. The van der Waals surface area contributed by atoms with Crippen LogP contribution in [0.25, 0.3) is 0 Å². The van der Waals surface area contributed by atoms with Gasteiger partial charge in [-0.1, -0.05) is 6.07 Å². The molecule has 134 valence electrons. The van der Waals surface area contributed by atoms with Gasteiger partial charge in [-0.25, -0.2) is 0 Å². The fourth-order valence-corrected chi connectivity index (χ4v) is 3.14. The second kappa shape index (κ2) is 7.09. The fraction of sp³-hybridized carbons (Fsp3) is 0.421. The average Bonchev–Trinajstić information content (AvgIpc) is 2.78. The molecule has 2 aromatic rings. The highest BCUT2D eigenvalue weighted by Crippen LogP contribution is 2.29. The lowest BCUT2D eigenvalue weighted by Crippen LogP contribution is -2.21. The van der Waals surface area contributed by atoms with Crippen LogP contribution in [0.4, 0.5) is 11.4 Å². The number of aromatic nitrogens is 2. The molecule has 0 saturated heterocycles. The van der Waals surface area contributed by atoms with E-state index >= 15 is 0 Å². The molecule has 0 saturated carbocycles. The van der Waals surface area contributed by atoms with Gasteiger partial charge in [-0.05, 0) is 51.8 Å². The number of carbonyl (C=O) groups is 2. The lowest BCUT2D eigenvalue weighted by Gasteiger charge is -2.18. The second-order valence-electron chi connectivity index (χ2n) is 6.53. The molecule has 1 aromatic carbocycles. The largest absolute Gasteiger partial charge is 0.326 e. The monoisotopic (exact) mass is 342 g/mol. The highest BCUT2D eigenvalue weighted by molar-refractivity contribution is 5.98. The van der Waals surface area contributed by atoms with Crippen molar-refractivity contribution in [3.8, 4) is 0 Å². The molecular formula is C19H26N4O2. The normalized spacial score (nSPS) is 12.0. The van der Waals surface area contributed by atoms with Crippen LogP contribution in [0, 0.1) is 27.7 Å². The third-order valence-electron chi connectivity index (χ3n) is 4.62. The number of aryl methyl sites for hydroxylation is 3. The molecule has 0 spiro atoms. The highest BCUT2D eigenvalue weighted by Gasteiger charge is 2.23. The van der Waals surface area contributed by atoms with Gasteiger partial charge in [0.1, 0.15) is 0 Å². The van der Waals surface area contributed by atoms with Gasteiger partial charge in [0.05, 0.1) is 11.6 Å². The number of nitrogens with zero attached hydrogens (tertiary/aromatic N) is 2. The van der Waals surface area contributed by atoms with E-state index in [1.165, 1.54) is 6.92 Å². The van der Waals surface area contributed by atoms with Gasteiger partial charge in [0, 0.05) is 36.6 Å². The second-order valence-corrected chi connectivity index (χ2v) is 6.53. The maximum atomic E-state index is 12.8. The summed E-state index contributed by atoms with van der Waals surface area (Å²) in [6.07, 6.45) is 0. The number of rotatable bonds is 4. The summed E-state index contributed by atoms with van der Waals surface area (Å²) in [6.45, 7) is 11.0. The minimum absolute atomic E-state index is 0.0973. The molecule has 0 aliphatic rings. The lowest BCUT2D eigenvalue weighted by atomic mass is 9.97. The van der Waals surface area contributed by atoms with E-state index in [-0.39, 0.29) is 17.7 Å². The van der Waals surface area contributed by atoms with E-state index in [2.05, 4.69) is 15.7 Å². The third-order valence-corrected chi connectivity index (χ3v) is 4.62. The van der Waals surface area contributed by atoms with E-state index in [0.717, 1.165) is 33.8 Å². The van der Waals surface area contributed by atoms with Crippen molar-refractivity contribution in [1.82, 2.24) is 9.78 Å². The Morgan fingerprint density at radius 2 is 1.76 bits per heavy atom. The van der Waals surface area contributed by atoms with Crippen LogP contribution >= 0.6 is 0 Å². The maximum absolute atomic E-state index is 12.8.